The van der Waals surface area contributed by atoms with Crippen molar-refractivity contribution in [1.29, 1.82) is 0 Å². The zero-order chi connectivity index (χ0) is 18.5. The molecular weight excluding hydrogens is 455 g/mol. The van der Waals surface area contributed by atoms with Gasteiger partial charge in [-0.25, -0.2) is 9.67 Å². The van der Waals surface area contributed by atoms with Gasteiger partial charge in [-0.05, 0) is 45.7 Å². The Morgan fingerprint density at radius 3 is 2.78 bits per heavy atom. The molecule has 0 saturated heterocycles. The minimum Gasteiger partial charge on any atom is -0.489 e. The van der Waals surface area contributed by atoms with E-state index in [4.69, 9.17) is 4.74 Å². The summed E-state index contributed by atoms with van der Waals surface area (Å²) in [6.07, 6.45) is 2.12. The number of aryl methyl sites for hydroxylation is 3. The summed E-state index contributed by atoms with van der Waals surface area (Å²) in [5.74, 6) is 3.43. The molecule has 0 radical (unpaired) electrons. The van der Waals surface area contributed by atoms with Crippen LogP contribution < -0.4 is 15.4 Å². The molecule has 1 aliphatic heterocycles. The summed E-state index contributed by atoms with van der Waals surface area (Å²) in [4.78, 5) is 8.89. The molecule has 0 spiro atoms. The van der Waals surface area contributed by atoms with E-state index < -0.39 is 0 Å². The van der Waals surface area contributed by atoms with E-state index in [1.807, 2.05) is 30.7 Å². The van der Waals surface area contributed by atoms with Crippen molar-refractivity contribution in [2.45, 2.75) is 52.3 Å². The van der Waals surface area contributed by atoms with Crippen LogP contribution in [0, 0.1) is 13.8 Å². The van der Waals surface area contributed by atoms with Gasteiger partial charge in [-0.1, -0.05) is 17.7 Å². The van der Waals surface area contributed by atoms with Crippen molar-refractivity contribution in [3.8, 4) is 5.75 Å². The van der Waals surface area contributed by atoms with Crippen LogP contribution in [0.2, 0.25) is 0 Å². The summed E-state index contributed by atoms with van der Waals surface area (Å²) < 4.78 is 7.94. The van der Waals surface area contributed by atoms with Crippen LogP contribution in [-0.4, -0.2) is 40.4 Å². The summed E-state index contributed by atoms with van der Waals surface area (Å²) in [6, 6.07) is 8.23. The van der Waals surface area contributed by atoms with Crippen LogP contribution in [0.25, 0.3) is 0 Å². The predicted octanol–water partition coefficient (Wildman–Crippen LogP) is 2.98. The molecule has 2 atom stereocenters. The fourth-order valence-corrected chi connectivity index (χ4v) is 3.10. The zero-order valence-corrected chi connectivity index (χ0v) is 18.7. The number of nitrogens with one attached hydrogen (secondary N) is 2. The second-order valence-corrected chi connectivity index (χ2v) is 6.77. The van der Waals surface area contributed by atoms with Crippen molar-refractivity contribution in [3.05, 3.63) is 41.5 Å². The van der Waals surface area contributed by atoms with Gasteiger partial charge in [0, 0.05) is 13.6 Å². The molecule has 1 aromatic carbocycles. The maximum absolute atomic E-state index is 5.94. The minimum atomic E-state index is 0. The lowest BCUT2D eigenvalue weighted by atomic mass is 10.1. The van der Waals surface area contributed by atoms with E-state index in [1.54, 1.807) is 7.05 Å². The van der Waals surface area contributed by atoms with Gasteiger partial charge in [-0.2, -0.15) is 5.10 Å². The molecule has 3 rings (SSSR count). The number of benzene rings is 1. The Bertz CT molecular complexity index is 758. The Hall–Kier alpha value is -1.84. The number of nitrogens with zero attached hydrogens (tertiary/aromatic N) is 4. The molecule has 2 N–H and O–H groups in total. The van der Waals surface area contributed by atoms with Crippen molar-refractivity contribution < 1.29 is 4.74 Å². The van der Waals surface area contributed by atoms with Crippen LogP contribution in [0.1, 0.15) is 43.0 Å². The molecule has 0 amide bonds. The van der Waals surface area contributed by atoms with Crippen LogP contribution in [0.3, 0.4) is 0 Å². The van der Waals surface area contributed by atoms with Crippen molar-refractivity contribution in [1.82, 2.24) is 25.4 Å². The van der Waals surface area contributed by atoms with Crippen molar-refractivity contribution in [2.75, 3.05) is 13.6 Å². The number of aliphatic imine (C=N–C) groups is 1. The van der Waals surface area contributed by atoms with Gasteiger partial charge in [0.1, 0.15) is 23.5 Å². The molecule has 2 heterocycles. The van der Waals surface area contributed by atoms with Gasteiger partial charge in [0.15, 0.2) is 5.96 Å². The van der Waals surface area contributed by atoms with E-state index >= 15 is 0 Å². The van der Waals surface area contributed by atoms with Gasteiger partial charge in [-0.15, -0.1) is 24.0 Å². The fraction of sp³-hybridized carbons (Fsp3) is 0.526. The van der Waals surface area contributed by atoms with Gasteiger partial charge in [0.05, 0.1) is 12.6 Å². The molecule has 1 aliphatic rings. The van der Waals surface area contributed by atoms with Crippen LogP contribution >= 0.6 is 24.0 Å². The molecule has 2 unspecified atom stereocenters. The number of ether oxygens (including phenoxy) is 1. The van der Waals surface area contributed by atoms with E-state index in [-0.39, 0.29) is 36.1 Å². The summed E-state index contributed by atoms with van der Waals surface area (Å²) >= 11 is 0. The van der Waals surface area contributed by atoms with Crippen molar-refractivity contribution in [2.24, 2.45) is 4.99 Å². The van der Waals surface area contributed by atoms with Crippen LogP contribution in [0.15, 0.2) is 29.3 Å². The monoisotopic (exact) mass is 484 g/mol. The number of aromatic nitrogens is 3. The molecule has 0 aliphatic carbocycles. The van der Waals surface area contributed by atoms with Gasteiger partial charge >= 0.3 is 0 Å². The smallest absolute Gasteiger partial charge is 0.191 e. The number of guanidine groups is 1. The third-order valence-electron chi connectivity index (χ3n) is 4.43. The average Bonchev–Trinajstić information content (AvgIpc) is 3.01. The molecule has 0 fully saturated rings. The number of hydrogen-bond donors (Lipinski definition) is 2. The molecule has 7 nitrogen and oxygen atoms in total. The van der Waals surface area contributed by atoms with Gasteiger partial charge in [0.2, 0.25) is 0 Å². The van der Waals surface area contributed by atoms with Crippen LogP contribution in [0.5, 0.6) is 5.75 Å². The normalized spacial score (nSPS) is 17.5. The number of halogens is 1. The highest BCUT2D eigenvalue weighted by Gasteiger charge is 2.24. The lowest BCUT2D eigenvalue weighted by molar-refractivity contribution is 0.223. The molecule has 8 heteroatoms. The van der Waals surface area contributed by atoms with E-state index in [0.29, 0.717) is 6.54 Å². The van der Waals surface area contributed by atoms with E-state index in [1.165, 1.54) is 5.56 Å². The first-order valence-electron chi connectivity index (χ1n) is 9.17. The Balaban J connectivity index is 0.00000261. The topological polar surface area (TPSA) is 76.4 Å². The second-order valence-electron chi connectivity index (χ2n) is 6.77. The van der Waals surface area contributed by atoms with E-state index in [9.17, 15) is 0 Å². The van der Waals surface area contributed by atoms with Crippen molar-refractivity contribution >= 4 is 29.9 Å². The highest BCUT2D eigenvalue weighted by molar-refractivity contribution is 14.0. The molecular formula is C19H29IN6O. The summed E-state index contributed by atoms with van der Waals surface area (Å²) in [6.45, 7) is 7.63. The number of rotatable bonds is 5. The highest BCUT2D eigenvalue weighted by Crippen LogP contribution is 2.22. The number of fused-ring (bicyclic) bond motifs is 1. The largest absolute Gasteiger partial charge is 0.489 e. The Kier molecular flexibility index (Phi) is 7.88. The minimum absolute atomic E-state index is 0. The molecule has 0 saturated carbocycles. The summed E-state index contributed by atoms with van der Waals surface area (Å²) in [5.41, 5.74) is 1.23. The predicted molar refractivity (Wildman–Crippen MR) is 118 cm³/mol. The quantitative estimate of drug-likeness (QED) is 0.388. The first kappa shape index (κ1) is 21.5. The summed E-state index contributed by atoms with van der Waals surface area (Å²) in [7, 11) is 1.78. The number of hydrogen-bond acceptors (Lipinski definition) is 4. The molecule has 148 valence electrons. The lowest BCUT2D eigenvalue weighted by Gasteiger charge is -2.25. The Morgan fingerprint density at radius 1 is 1.33 bits per heavy atom. The molecule has 2 aromatic rings. The highest BCUT2D eigenvalue weighted by atomic mass is 127. The SMILES string of the molecule is CN=C(NCC(C)Oc1ccc(C)cc1)NC1CCCn2nc(C)nc21.I. The van der Waals surface area contributed by atoms with Gasteiger partial charge < -0.3 is 15.4 Å². The molecule has 27 heavy (non-hydrogen) atoms. The fourth-order valence-electron chi connectivity index (χ4n) is 3.10. The Morgan fingerprint density at radius 2 is 2.07 bits per heavy atom. The van der Waals surface area contributed by atoms with Gasteiger partial charge in [0.25, 0.3) is 0 Å². The first-order valence-corrected chi connectivity index (χ1v) is 9.17. The third kappa shape index (κ3) is 5.82. The van der Waals surface area contributed by atoms with Gasteiger partial charge in [-0.3, -0.25) is 4.99 Å². The average molecular weight is 484 g/mol. The summed E-state index contributed by atoms with van der Waals surface area (Å²) in [5, 5.41) is 11.3. The second kappa shape index (κ2) is 9.91. The first-order chi connectivity index (χ1) is 12.5. The molecule has 1 aromatic heterocycles. The van der Waals surface area contributed by atoms with Crippen LogP contribution in [-0.2, 0) is 6.54 Å². The van der Waals surface area contributed by atoms with Crippen molar-refractivity contribution in [3.63, 3.8) is 0 Å². The lowest BCUT2D eigenvalue weighted by Crippen LogP contribution is -2.44. The standard InChI is InChI=1S/C19H28N6O.HI/c1-13-7-9-16(10-8-13)26-14(2)12-21-19(20-4)23-17-6-5-11-25-18(17)22-15(3)24-25;/h7-10,14,17H,5-6,11-12H2,1-4H3,(H2,20,21,23);1H. The zero-order valence-electron chi connectivity index (χ0n) is 16.4. The maximum atomic E-state index is 5.94. The van der Waals surface area contributed by atoms with Crippen LogP contribution in [0.4, 0.5) is 0 Å². The van der Waals surface area contributed by atoms with E-state index in [2.05, 4.69) is 44.8 Å². The maximum Gasteiger partial charge on any atom is 0.191 e. The third-order valence-corrected chi connectivity index (χ3v) is 4.43. The van der Waals surface area contributed by atoms with E-state index in [0.717, 1.165) is 42.7 Å². The Labute approximate surface area is 178 Å². The molecule has 0 bridgehead atoms.